The Labute approximate surface area is 115 Å². The zero-order valence-corrected chi connectivity index (χ0v) is 12.6. The Bertz CT molecular complexity index is 476. The standard InChI is InChI=1S/C13H23N3O2S/c1-4-12(14)13(11-5-7-15-8-6-11)16(2)9-10-19(3,17)18/h5-8,12-13H,4,9-10,14H2,1-3H3. The predicted molar refractivity (Wildman–Crippen MR) is 77.6 cm³/mol. The Morgan fingerprint density at radius 3 is 2.42 bits per heavy atom. The third kappa shape index (κ3) is 5.26. The largest absolute Gasteiger partial charge is 0.326 e. The molecule has 0 saturated heterocycles. The molecule has 0 spiro atoms. The fourth-order valence-corrected chi connectivity index (χ4v) is 2.68. The van der Waals surface area contributed by atoms with Crippen LogP contribution in [0.3, 0.4) is 0 Å². The minimum Gasteiger partial charge on any atom is -0.326 e. The Morgan fingerprint density at radius 2 is 1.95 bits per heavy atom. The molecule has 0 saturated carbocycles. The molecule has 1 heterocycles. The molecule has 0 fully saturated rings. The summed E-state index contributed by atoms with van der Waals surface area (Å²) in [5, 5.41) is 0. The molecule has 0 radical (unpaired) electrons. The molecule has 0 amide bonds. The SMILES string of the molecule is CCC(N)C(c1ccncc1)N(C)CCS(C)(=O)=O. The van der Waals surface area contributed by atoms with Crippen LogP contribution >= 0.6 is 0 Å². The van der Waals surface area contributed by atoms with Gasteiger partial charge in [-0.3, -0.25) is 9.88 Å². The number of nitrogens with zero attached hydrogens (tertiary/aromatic N) is 2. The number of rotatable bonds is 7. The lowest BCUT2D eigenvalue weighted by atomic mass is 9.98. The van der Waals surface area contributed by atoms with Gasteiger partial charge >= 0.3 is 0 Å². The number of pyridine rings is 1. The van der Waals surface area contributed by atoms with Gasteiger partial charge in [-0.15, -0.1) is 0 Å². The molecule has 0 aliphatic carbocycles. The summed E-state index contributed by atoms with van der Waals surface area (Å²) >= 11 is 0. The van der Waals surface area contributed by atoms with Crippen molar-refractivity contribution in [1.82, 2.24) is 9.88 Å². The molecule has 19 heavy (non-hydrogen) atoms. The van der Waals surface area contributed by atoms with Gasteiger partial charge in [0.1, 0.15) is 9.84 Å². The molecule has 2 unspecified atom stereocenters. The number of hydrogen-bond donors (Lipinski definition) is 1. The van der Waals surface area contributed by atoms with Gasteiger partial charge in [0.15, 0.2) is 0 Å². The van der Waals surface area contributed by atoms with Gasteiger partial charge in [-0.25, -0.2) is 8.42 Å². The maximum atomic E-state index is 11.3. The van der Waals surface area contributed by atoms with Gasteiger partial charge in [-0.1, -0.05) is 6.92 Å². The number of likely N-dealkylation sites (N-methyl/N-ethyl adjacent to an activating group) is 1. The van der Waals surface area contributed by atoms with Crippen LogP contribution in [0.2, 0.25) is 0 Å². The van der Waals surface area contributed by atoms with Gasteiger partial charge in [0.25, 0.3) is 0 Å². The van der Waals surface area contributed by atoms with E-state index in [1.54, 1.807) is 12.4 Å². The molecular formula is C13H23N3O2S. The van der Waals surface area contributed by atoms with E-state index in [1.807, 2.05) is 31.0 Å². The maximum Gasteiger partial charge on any atom is 0.148 e. The van der Waals surface area contributed by atoms with Crippen molar-refractivity contribution in [2.45, 2.75) is 25.4 Å². The number of sulfone groups is 1. The lowest BCUT2D eigenvalue weighted by Crippen LogP contribution is -2.40. The highest BCUT2D eigenvalue weighted by Crippen LogP contribution is 2.23. The van der Waals surface area contributed by atoms with Crippen LogP contribution in [-0.2, 0) is 9.84 Å². The summed E-state index contributed by atoms with van der Waals surface area (Å²) < 4.78 is 22.5. The third-order valence-corrected chi connectivity index (χ3v) is 4.14. The molecule has 1 aromatic rings. The van der Waals surface area contributed by atoms with Crippen LogP contribution in [-0.4, -0.2) is 49.9 Å². The van der Waals surface area contributed by atoms with Crippen molar-refractivity contribution >= 4 is 9.84 Å². The van der Waals surface area contributed by atoms with Gasteiger partial charge in [-0.2, -0.15) is 0 Å². The van der Waals surface area contributed by atoms with E-state index in [0.29, 0.717) is 6.54 Å². The van der Waals surface area contributed by atoms with Crippen LogP contribution in [0.1, 0.15) is 24.9 Å². The highest BCUT2D eigenvalue weighted by Gasteiger charge is 2.23. The van der Waals surface area contributed by atoms with Crippen molar-refractivity contribution in [3.8, 4) is 0 Å². The van der Waals surface area contributed by atoms with E-state index < -0.39 is 9.84 Å². The average Bonchev–Trinajstić information content (AvgIpc) is 2.37. The van der Waals surface area contributed by atoms with E-state index >= 15 is 0 Å². The first kappa shape index (κ1) is 16.1. The van der Waals surface area contributed by atoms with Crippen molar-refractivity contribution in [3.05, 3.63) is 30.1 Å². The first-order valence-corrected chi connectivity index (χ1v) is 8.44. The first-order valence-electron chi connectivity index (χ1n) is 6.38. The topological polar surface area (TPSA) is 76.3 Å². The molecule has 6 heteroatoms. The number of aromatic nitrogens is 1. The van der Waals surface area contributed by atoms with Crippen LogP contribution in [0.25, 0.3) is 0 Å². The second-order valence-electron chi connectivity index (χ2n) is 4.91. The molecule has 1 aromatic heterocycles. The summed E-state index contributed by atoms with van der Waals surface area (Å²) in [7, 11) is -1.05. The predicted octanol–water partition coefficient (Wildman–Crippen LogP) is 0.836. The molecule has 0 aromatic carbocycles. The Morgan fingerprint density at radius 1 is 1.37 bits per heavy atom. The van der Waals surface area contributed by atoms with E-state index in [2.05, 4.69) is 4.98 Å². The van der Waals surface area contributed by atoms with E-state index in [0.717, 1.165) is 12.0 Å². The number of hydrogen-bond acceptors (Lipinski definition) is 5. The fraction of sp³-hybridized carbons (Fsp3) is 0.615. The molecule has 108 valence electrons. The third-order valence-electron chi connectivity index (χ3n) is 3.21. The highest BCUT2D eigenvalue weighted by molar-refractivity contribution is 7.90. The Balaban J connectivity index is 2.86. The molecule has 0 aliphatic heterocycles. The molecule has 2 atom stereocenters. The zero-order chi connectivity index (χ0) is 14.5. The van der Waals surface area contributed by atoms with Crippen LogP contribution in [0, 0.1) is 0 Å². The monoisotopic (exact) mass is 285 g/mol. The normalized spacial score (nSPS) is 15.4. The number of nitrogens with two attached hydrogens (primary N) is 1. The minimum absolute atomic E-state index is 0.00903. The van der Waals surface area contributed by atoms with Crippen LogP contribution in [0.5, 0.6) is 0 Å². The van der Waals surface area contributed by atoms with Gasteiger partial charge in [0.2, 0.25) is 0 Å². The van der Waals surface area contributed by atoms with Gasteiger partial charge in [-0.05, 0) is 31.2 Å². The van der Waals surface area contributed by atoms with Crippen molar-refractivity contribution in [2.75, 3.05) is 25.6 Å². The van der Waals surface area contributed by atoms with Crippen molar-refractivity contribution in [2.24, 2.45) is 5.73 Å². The molecule has 1 rings (SSSR count). The van der Waals surface area contributed by atoms with E-state index in [4.69, 9.17) is 5.73 Å². The Hall–Kier alpha value is -0.980. The minimum atomic E-state index is -2.96. The van der Waals surface area contributed by atoms with E-state index in [9.17, 15) is 8.42 Å². The summed E-state index contributed by atoms with van der Waals surface area (Å²) in [6.45, 7) is 2.50. The summed E-state index contributed by atoms with van der Waals surface area (Å²) in [4.78, 5) is 6.01. The van der Waals surface area contributed by atoms with Crippen molar-refractivity contribution in [1.29, 1.82) is 0 Å². The molecule has 0 bridgehead atoms. The van der Waals surface area contributed by atoms with Gasteiger partial charge < -0.3 is 5.73 Å². The van der Waals surface area contributed by atoms with Crippen molar-refractivity contribution in [3.63, 3.8) is 0 Å². The van der Waals surface area contributed by atoms with Gasteiger partial charge in [0, 0.05) is 37.3 Å². The Kier molecular flexibility index (Phi) is 5.90. The average molecular weight is 285 g/mol. The highest BCUT2D eigenvalue weighted by atomic mass is 32.2. The van der Waals surface area contributed by atoms with E-state index in [-0.39, 0.29) is 17.8 Å². The summed E-state index contributed by atoms with van der Waals surface area (Å²) in [6.07, 6.45) is 5.54. The summed E-state index contributed by atoms with van der Waals surface area (Å²) in [6, 6.07) is 3.83. The summed E-state index contributed by atoms with van der Waals surface area (Å²) in [5.41, 5.74) is 7.25. The first-order chi connectivity index (χ1) is 8.85. The lowest BCUT2D eigenvalue weighted by Gasteiger charge is -2.32. The molecule has 2 N–H and O–H groups in total. The van der Waals surface area contributed by atoms with Crippen LogP contribution in [0.15, 0.2) is 24.5 Å². The summed E-state index contributed by atoms with van der Waals surface area (Å²) in [5.74, 6) is 0.140. The van der Waals surface area contributed by atoms with Gasteiger partial charge in [0.05, 0.1) is 5.75 Å². The smallest absolute Gasteiger partial charge is 0.148 e. The van der Waals surface area contributed by atoms with Crippen molar-refractivity contribution < 1.29 is 8.42 Å². The zero-order valence-electron chi connectivity index (χ0n) is 11.8. The molecule has 0 aliphatic rings. The molecule has 5 nitrogen and oxygen atoms in total. The maximum absolute atomic E-state index is 11.3. The second kappa shape index (κ2) is 6.98. The second-order valence-corrected chi connectivity index (χ2v) is 7.17. The quantitative estimate of drug-likeness (QED) is 0.803. The molecular weight excluding hydrogens is 262 g/mol. The van der Waals surface area contributed by atoms with Crippen LogP contribution < -0.4 is 5.73 Å². The van der Waals surface area contributed by atoms with Crippen LogP contribution in [0.4, 0.5) is 0 Å². The van der Waals surface area contributed by atoms with E-state index in [1.165, 1.54) is 6.26 Å². The fourth-order valence-electron chi connectivity index (χ4n) is 2.06. The lowest BCUT2D eigenvalue weighted by molar-refractivity contribution is 0.220.